The summed E-state index contributed by atoms with van der Waals surface area (Å²) in [6, 6.07) is 0. The van der Waals surface area contributed by atoms with Crippen LogP contribution in [0, 0.1) is 6.92 Å². The van der Waals surface area contributed by atoms with Crippen LogP contribution in [0.5, 0.6) is 0 Å². The van der Waals surface area contributed by atoms with Gasteiger partial charge >= 0.3 is 18.9 Å². The fourth-order valence-corrected chi connectivity index (χ4v) is 4.72. The van der Waals surface area contributed by atoms with E-state index in [1.54, 1.807) is 0 Å². The van der Waals surface area contributed by atoms with Crippen molar-refractivity contribution >= 4 is 13.5 Å². The Morgan fingerprint density at radius 1 is 1.21 bits per heavy atom. The first-order chi connectivity index (χ1) is 15.2. The van der Waals surface area contributed by atoms with E-state index in [-0.39, 0.29) is 17.8 Å². The van der Waals surface area contributed by atoms with E-state index < -0.39 is 48.8 Å². The van der Waals surface area contributed by atoms with Gasteiger partial charge in [0.05, 0.1) is 24.9 Å². The molecule has 33 heavy (non-hydrogen) atoms. The third-order valence-corrected chi connectivity index (χ3v) is 6.45. The second-order valence-electron chi connectivity index (χ2n) is 7.89. The highest BCUT2D eigenvalue weighted by Crippen LogP contribution is 2.66. The molecule has 2 N–H and O–H groups in total. The average Bonchev–Trinajstić information content (AvgIpc) is 3.10. The summed E-state index contributed by atoms with van der Waals surface area (Å²) in [6.07, 6.45) is -1.69. The standard InChI is InChI=1S/C18H27F2N6O6P/c1-10(2)31-33(30,32-11(3)4)18(19,20)16(21-13(6)27)26-9-14(23-24-26)8-25-7-12(5)15(28)22-17(25)29/h7,9-11,16H,8H2,1-6H3,(H,21,27)(H,22,28,29). The number of aromatic amines is 1. The van der Waals surface area contributed by atoms with E-state index in [0.717, 1.165) is 17.7 Å². The zero-order valence-corrected chi connectivity index (χ0v) is 19.9. The van der Waals surface area contributed by atoms with Gasteiger partial charge in [0.1, 0.15) is 5.69 Å². The van der Waals surface area contributed by atoms with Crippen LogP contribution in [0.4, 0.5) is 8.78 Å². The van der Waals surface area contributed by atoms with Crippen LogP contribution in [0.2, 0.25) is 0 Å². The van der Waals surface area contributed by atoms with Crippen LogP contribution < -0.4 is 16.6 Å². The summed E-state index contributed by atoms with van der Waals surface area (Å²) in [7, 11) is -5.12. The fraction of sp³-hybridized carbons (Fsp3) is 0.611. The molecule has 2 heterocycles. The van der Waals surface area contributed by atoms with Crippen LogP contribution >= 0.6 is 7.60 Å². The summed E-state index contributed by atoms with van der Waals surface area (Å²) >= 11 is 0. The van der Waals surface area contributed by atoms with Gasteiger partial charge in [-0.2, -0.15) is 8.78 Å². The summed E-state index contributed by atoms with van der Waals surface area (Å²) in [4.78, 5) is 37.3. The molecule has 2 rings (SSSR count). The van der Waals surface area contributed by atoms with Crippen LogP contribution in [-0.2, 0) is 25.0 Å². The lowest BCUT2D eigenvalue weighted by molar-refractivity contribution is -0.124. The molecule has 0 radical (unpaired) electrons. The van der Waals surface area contributed by atoms with Gasteiger partial charge in [-0.3, -0.25) is 23.7 Å². The molecule has 0 saturated heterocycles. The number of aryl methyl sites for hydroxylation is 1. The molecular weight excluding hydrogens is 465 g/mol. The maximum absolute atomic E-state index is 15.6. The van der Waals surface area contributed by atoms with E-state index in [0.29, 0.717) is 4.68 Å². The van der Waals surface area contributed by atoms with E-state index in [2.05, 4.69) is 15.3 Å². The molecule has 1 amide bonds. The SMILES string of the molecule is CC(=O)NC(n1cc(Cn2cc(C)c(=O)[nH]c2=O)nn1)C(F)(F)P(=O)(OC(C)C)OC(C)C. The number of hydrogen-bond donors (Lipinski definition) is 2. The average molecular weight is 492 g/mol. The highest BCUT2D eigenvalue weighted by molar-refractivity contribution is 7.55. The summed E-state index contributed by atoms with van der Waals surface area (Å²) in [6.45, 7) is 7.93. The quantitative estimate of drug-likeness (QED) is 0.476. The molecule has 0 bridgehead atoms. The first-order valence-corrected chi connectivity index (χ1v) is 11.5. The van der Waals surface area contributed by atoms with Crippen molar-refractivity contribution in [2.75, 3.05) is 0 Å². The lowest BCUT2D eigenvalue weighted by Crippen LogP contribution is -2.44. The van der Waals surface area contributed by atoms with Crippen molar-refractivity contribution in [1.82, 2.24) is 29.9 Å². The van der Waals surface area contributed by atoms with Gasteiger partial charge in [-0.15, -0.1) is 5.10 Å². The molecular formula is C18H27F2N6O6P. The third kappa shape index (κ3) is 6.21. The zero-order chi connectivity index (χ0) is 25.1. The van der Waals surface area contributed by atoms with Gasteiger partial charge in [-0.05, 0) is 34.6 Å². The van der Waals surface area contributed by atoms with E-state index >= 15 is 8.78 Å². The first kappa shape index (κ1) is 26.6. The molecule has 2 aromatic heterocycles. The Labute approximate surface area is 187 Å². The Morgan fingerprint density at radius 3 is 2.30 bits per heavy atom. The molecule has 184 valence electrons. The topological polar surface area (TPSA) is 150 Å². The summed E-state index contributed by atoms with van der Waals surface area (Å²) < 4.78 is 56.1. The summed E-state index contributed by atoms with van der Waals surface area (Å²) in [5, 5.41) is 9.40. The molecule has 0 fully saturated rings. The number of nitrogens with one attached hydrogen (secondary N) is 2. The number of H-pyrrole nitrogens is 1. The van der Waals surface area contributed by atoms with Crippen molar-refractivity contribution < 1.29 is 27.2 Å². The molecule has 0 aliphatic heterocycles. The monoisotopic (exact) mass is 492 g/mol. The number of alkyl halides is 2. The Bertz CT molecular complexity index is 1140. The molecule has 0 saturated carbocycles. The minimum atomic E-state index is -5.12. The lowest BCUT2D eigenvalue weighted by atomic mass is 10.3. The van der Waals surface area contributed by atoms with Crippen molar-refractivity contribution in [3.8, 4) is 0 Å². The molecule has 1 atom stereocenters. The van der Waals surface area contributed by atoms with Crippen molar-refractivity contribution in [1.29, 1.82) is 0 Å². The molecule has 2 aromatic rings. The van der Waals surface area contributed by atoms with Crippen LogP contribution in [0.3, 0.4) is 0 Å². The molecule has 0 aliphatic carbocycles. The third-order valence-electron chi connectivity index (χ3n) is 4.08. The number of rotatable bonds is 10. The summed E-state index contributed by atoms with van der Waals surface area (Å²) in [5.74, 6) is -0.857. The number of carbonyl (C=O) groups is 1. The predicted octanol–water partition coefficient (Wildman–Crippen LogP) is 1.76. The van der Waals surface area contributed by atoms with Gasteiger partial charge < -0.3 is 14.4 Å². The second-order valence-corrected chi connectivity index (χ2v) is 9.90. The highest BCUT2D eigenvalue weighted by Gasteiger charge is 2.61. The number of amides is 1. The van der Waals surface area contributed by atoms with Crippen molar-refractivity contribution in [3.05, 3.63) is 44.5 Å². The van der Waals surface area contributed by atoms with E-state index in [4.69, 9.17) is 9.05 Å². The second kappa shape index (κ2) is 10.1. The van der Waals surface area contributed by atoms with Gasteiger partial charge in [-0.1, -0.05) is 5.21 Å². The van der Waals surface area contributed by atoms with Crippen LogP contribution in [-0.4, -0.2) is 48.3 Å². The first-order valence-electron chi connectivity index (χ1n) is 9.99. The number of hydrogen-bond acceptors (Lipinski definition) is 8. The maximum Gasteiger partial charge on any atom is 0.404 e. The maximum atomic E-state index is 15.6. The fourth-order valence-electron chi connectivity index (χ4n) is 2.80. The summed E-state index contributed by atoms with van der Waals surface area (Å²) in [5.41, 5.74) is -5.23. The molecule has 0 aromatic carbocycles. The van der Waals surface area contributed by atoms with E-state index in [1.807, 2.05) is 5.32 Å². The Morgan fingerprint density at radius 2 is 1.79 bits per heavy atom. The Kier molecular flexibility index (Phi) is 8.09. The Balaban J connectivity index is 2.48. The predicted molar refractivity (Wildman–Crippen MR) is 113 cm³/mol. The molecule has 1 unspecified atom stereocenters. The minimum absolute atomic E-state index is 0.0547. The molecule has 0 spiro atoms. The zero-order valence-electron chi connectivity index (χ0n) is 19.0. The van der Waals surface area contributed by atoms with Crippen molar-refractivity contribution in [3.63, 3.8) is 0 Å². The molecule has 0 aliphatic rings. The van der Waals surface area contributed by atoms with Crippen molar-refractivity contribution in [2.45, 2.75) is 72.1 Å². The largest absolute Gasteiger partial charge is 0.404 e. The smallest absolute Gasteiger partial charge is 0.329 e. The van der Waals surface area contributed by atoms with Crippen LogP contribution in [0.1, 0.15) is 52.0 Å². The molecule has 15 heteroatoms. The van der Waals surface area contributed by atoms with Gasteiger partial charge in [0, 0.05) is 18.7 Å². The number of nitrogens with zero attached hydrogens (tertiary/aromatic N) is 4. The number of halogens is 2. The number of aromatic nitrogens is 5. The van der Waals surface area contributed by atoms with Crippen LogP contribution in [0.15, 0.2) is 22.0 Å². The van der Waals surface area contributed by atoms with Gasteiger partial charge in [0.25, 0.3) is 5.56 Å². The van der Waals surface area contributed by atoms with Crippen molar-refractivity contribution in [2.24, 2.45) is 0 Å². The highest BCUT2D eigenvalue weighted by atomic mass is 31.2. The normalized spacial score (nSPS) is 13.5. The molecule has 12 nitrogen and oxygen atoms in total. The van der Waals surface area contributed by atoms with Crippen LogP contribution in [0.25, 0.3) is 0 Å². The Hall–Kier alpha value is -2.70. The van der Waals surface area contributed by atoms with Gasteiger partial charge in [0.2, 0.25) is 12.1 Å². The van der Waals surface area contributed by atoms with Gasteiger partial charge in [-0.25, -0.2) is 9.48 Å². The van der Waals surface area contributed by atoms with E-state index in [1.165, 1.54) is 40.8 Å². The minimum Gasteiger partial charge on any atom is -0.329 e. The van der Waals surface area contributed by atoms with E-state index in [9.17, 15) is 18.9 Å². The number of carbonyl (C=O) groups excluding carboxylic acids is 1. The lowest BCUT2D eigenvalue weighted by Gasteiger charge is -2.34. The van der Waals surface area contributed by atoms with Gasteiger partial charge in [0.15, 0.2) is 0 Å².